The third-order valence-corrected chi connectivity index (χ3v) is 3.05. The Labute approximate surface area is 104 Å². The molecule has 92 valence electrons. The van der Waals surface area contributed by atoms with Crippen LogP contribution in [0.1, 0.15) is 11.4 Å². The third kappa shape index (κ3) is 1.67. The predicted octanol–water partition coefficient (Wildman–Crippen LogP) is 0.672. The van der Waals surface area contributed by atoms with Gasteiger partial charge in [0.15, 0.2) is 5.82 Å². The van der Waals surface area contributed by atoms with Crippen LogP contribution < -0.4 is 5.73 Å². The first kappa shape index (κ1) is 10.9. The van der Waals surface area contributed by atoms with Crippen molar-refractivity contribution < 1.29 is 0 Å². The summed E-state index contributed by atoms with van der Waals surface area (Å²) in [7, 11) is 1.93. The lowest BCUT2D eigenvalue weighted by molar-refractivity contribution is 0.709. The van der Waals surface area contributed by atoms with Crippen molar-refractivity contribution in [1.29, 1.82) is 0 Å². The molecule has 0 aromatic carbocycles. The van der Waals surface area contributed by atoms with Gasteiger partial charge in [-0.05, 0) is 17.7 Å². The molecular weight excluding hydrogens is 228 g/mol. The summed E-state index contributed by atoms with van der Waals surface area (Å²) in [5.41, 5.74) is 7.79. The van der Waals surface area contributed by atoms with Gasteiger partial charge in [-0.1, -0.05) is 0 Å². The fourth-order valence-electron chi connectivity index (χ4n) is 2.08. The zero-order chi connectivity index (χ0) is 12.5. The van der Waals surface area contributed by atoms with Crippen molar-refractivity contribution >= 4 is 11.0 Å². The van der Waals surface area contributed by atoms with Crippen LogP contribution >= 0.6 is 0 Å². The van der Waals surface area contributed by atoms with Gasteiger partial charge in [0, 0.05) is 31.4 Å². The van der Waals surface area contributed by atoms with Crippen molar-refractivity contribution in [2.24, 2.45) is 12.8 Å². The molecule has 2 N–H and O–H groups in total. The highest BCUT2D eigenvalue weighted by atomic mass is 15.3. The Morgan fingerprint density at radius 3 is 3.00 bits per heavy atom. The summed E-state index contributed by atoms with van der Waals surface area (Å²) in [6.07, 6.45) is 5.51. The van der Waals surface area contributed by atoms with Gasteiger partial charge >= 0.3 is 0 Å². The van der Waals surface area contributed by atoms with Crippen LogP contribution in [0.3, 0.4) is 0 Å². The van der Waals surface area contributed by atoms with Gasteiger partial charge in [-0.25, -0.2) is 4.98 Å². The zero-order valence-corrected chi connectivity index (χ0v) is 10.1. The molecule has 0 amide bonds. The Morgan fingerprint density at radius 1 is 1.39 bits per heavy atom. The summed E-state index contributed by atoms with van der Waals surface area (Å²) in [6, 6.07) is 3.96. The molecule has 3 aromatic heterocycles. The van der Waals surface area contributed by atoms with E-state index in [0.29, 0.717) is 13.1 Å². The summed E-state index contributed by atoms with van der Waals surface area (Å²) in [5.74, 6) is 0.890. The smallest absolute Gasteiger partial charge is 0.152 e. The van der Waals surface area contributed by atoms with Crippen molar-refractivity contribution in [3.63, 3.8) is 0 Å². The largest absolute Gasteiger partial charge is 0.326 e. The van der Waals surface area contributed by atoms with Gasteiger partial charge in [0.25, 0.3) is 0 Å². The van der Waals surface area contributed by atoms with E-state index in [-0.39, 0.29) is 0 Å². The van der Waals surface area contributed by atoms with Gasteiger partial charge < -0.3 is 14.9 Å². The Kier molecular flexibility index (Phi) is 2.56. The first-order valence-electron chi connectivity index (χ1n) is 5.75. The molecule has 0 radical (unpaired) electrons. The van der Waals surface area contributed by atoms with Crippen LogP contribution in [0.4, 0.5) is 0 Å². The molecule has 0 saturated heterocycles. The number of hydrogen-bond acceptors (Lipinski definition) is 4. The highest BCUT2D eigenvalue weighted by Gasteiger charge is 2.10. The molecule has 0 fully saturated rings. The van der Waals surface area contributed by atoms with Crippen LogP contribution in [0.15, 0.2) is 30.9 Å². The molecule has 0 aliphatic heterocycles. The summed E-state index contributed by atoms with van der Waals surface area (Å²) in [5, 5.41) is 9.06. The molecule has 6 heteroatoms. The number of nitrogens with zero attached hydrogens (tertiary/aromatic N) is 5. The lowest BCUT2D eigenvalue weighted by atomic mass is 10.2. The number of rotatable bonds is 3. The molecule has 0 unspecified atom stereocenters. The topological polar surface area (TPSA) is 74.5 Å². The van der Waals surface area contributed by atoms with Crippen LogP contribution in [-0.4, -0.2) is 24.3 Å². The second-order valence-corrected chi connectivity index (χ2v) is 4.22. The summed E-state index contributed by atoms with van der Waals surface area (Å²) < 4.78 is 3.96. The van der Waals surface area contributed by atoms with Crippen LogP contribution in [0, 0.1) is 0 Å². The quantitative estimate of drug-likeness (QED) is 0.732. The highest BCUT2D eigenvalue weighted by Crippen LogP contribution is 2.19. The zero-order valence-electron chi connectivity index (χ0n) is 10.1. The second-order valence-electron chi connectivity index (χ2n) is 4.22. The lowest BCUT2D eigenvalue weighted by Gasteiger charge is -2.03. The van der Waals surface area contributed by atoms with E-state index in [4.69, 9.17) is 5.73 Å². The molecular formula is C12H14N6. The summed E-state index contributed by atoms with van der Waals surface area (Å²) in [4.78, 5) is 4.41. The van der Waals surface area contributed by atoms with E-state index in [1.165, 1.54) is 0 Å². The van der Waals surface area contributed by atoms with E-state index < -0.39 is 0 Å². The SMILES string of the molecule is Cn1cnnc1Cn1cc(CN)c2cccnc21. The molecule has 3 heterocycles. The molecule has 0 bridgehead atoms. The molecule has 0 spiro atoms. The number of fused-ring (bicyclic) bond motifs is 1. The fourth-order valence-corrected chi connectivity index (χ4v) is 2.08. The normalized spacial score (nSPS) is 11.2. The molecule has 3 rings (SSSR count). The van der Waals surface area contributed by atoms with Crippen molar-refractivity contribution in [3.05, 3.63) is 42.2 Å². The molecule has 3 aromatic rings. The maximum atomic E-state index is 5.76. The van der Waals surface area contributed by atoms with Crippen LogP contribution in [0.25, 0.3) is 11.0 Å². The predicted molar refractivity (Wildman–Crippen MR) is 67.7 cm³/mol. The minimum Gasteiger partial charge on any atom is -0.326 e. The Morgan fingerprint density at radius 2 is 2.28 bits per heavy atom. The first-order valence-corrected chi connectivity index (χ1v) is 5.75. The molecule has 0 aliphatic carbocycles. The van der Waals surface area contributed by atoms with Gasteiger partial charge in [-0.15, -0.1) is 10.2 Å². The van der Waals surface area contributed by atoms with E-state index in [2.05, 4.69) is 19.7 Å². The number of nitrogens with two attached hydrogens (primary N) is 1. The number of aryl methyl sites for hydroxylation is 1. The fraction of sp³-hybridized carbons (Fsp3) is 0.250. The Balaban J connectivity index is 2.09. The van der Waals surface area contributed by atoms with Gasteiger partial charge in [-0.3, -0.25) is 0 Å². The van der Waals surface area contributed by atoms with E-state index in [0.717, 1.165) is 22.4 Å². The van der Waals surface area contributed by atoms with Gasteiger partial charge in [0.2, 0.25) is 0 Å². The maximum absolute atomic E-state index is 5.76. The molecule has 0 aliphatic rings. The summed E-state index contributed by atoms with van der Waals surface area (Å²) in [6.45, 7) is 1.15. The van der Waals surface area contributed by atoms with Gasteiger partial charge in [0.05, 0.1) is 6.54 Å². The van der Waals surface area contributed by atoms with Crippen molar-refractivity contribution in [2.75, 3.05) is 0 Å². The van der Waals surface area contributed by atoms with Crippen LogP contribution in [-0.2, 0) is 20.1 Å². The number of hydrogen-bond donors (Lipinski definition) is 1. The molecule has 0 saturated carbocycles. The van der Waals surface area contributed by atoms with Gasteiger partial charge in [-0.2, -0.15) is 0 Å². The monoisotopic (exact) mass is 242 g/mol. The Hall–Kier alpha value is -2.21. The molecule has 6 nitrogen and oxygen atoms in total. The van der Waals surface area contributed by atoms with Crippen molar-refractivity contribution in [3.8, 4) is 0 Å². The lowest BCUT2D eigenvalue weighted by Crippen LogP contribution is -2.05. The van der Waals surface area contributed by atoms with Crippen LogP contribution in [0.2, 0.25) is 0 Å². The van der Waals surface area contributed by atoms with Gasteiger partial charge in [0.1, 0.15) is 12.0 Å². The highest BCUT2D eigenvalue weighted by molar-refractivity contribution is 5.80. The second kappa shape index (κ2) is 4.23. The van der Waals surface area contributed by atoms with Crippen LogP contribution in [0.5, 0.6) is 0 Å². The molecule has 18 heavy (non-hydrogen) atoms. The number of pyridine rings is 1. The van der Waals surface area contributed by atoms with E-state index in [9.17, 15) is 0 Å². The number of aromatic nitrogens is 5. The third-order valence-electron chi connectivity index (χ3n) is 3.05. The van der Waals surface area contributed by atoms with Crippen molar-refractivity contribution in [1.82, 2.24) is 24.3 Å². The minimum absolute atomic E-state index is 0.508. The Bertz CT molecular complexity index is 681. The standard InChI is InChI=1S/C12H14N6/c1-17-8-15-16-11(17)7-18-6-9(5-13)10-3-2-4-14-12(10)18/h2-4,6,8H,5,7,13H2,1H3. The first-order chi connectivity index (χ1) is 8.79. The average molecular weight is 242 g/mol. The minimum atomic E-state index is 0.508. The van der Waals surface area contributed by atoms with E-state index >= 15 is 0 Å². The average Bonchev–Trinajstić information content (AvgIpc) is 2.95. The molecule has 0 atom stereocenters. The van der Waals surface area contributed by atoms with Crippen molar-refractivity contribution in [2.45, 2.75) is 13.1 Å². The maximum Gasteiger partial charge on any atom is 0.152 e. The van der Waals surface area contributed by atoms with E-state index in [1.807, 2.05) is 29.9 Å². The summed E-state index contributed by atoms with van der Waals surface area (Å²) >= 11 is 0. The van der Waals surface area contributed by atoms with E-state index in [1.54, 1.807) is 12.5 Å².